The Bertz CT molecular complexity index is 3100. The van der Waals surface area contributed by atoms with Gasteiger partial charge in [-0.1, -0.05) is 109 Å². The van der Waals surface area contributed by atoms with Crippen molar-refractivity contribution in [3.8, 4) is 44.8 Å². The minimum Gasteiger partial charge on any atom is -0.309 e. The van der Waals surface area contributed by atoms with E-state index < -0.39 is 63.3 Å². The highest BCUT2D eigenvalue weighted by Gasteiger charge is 2.37. The summed E-state index contributed by atoms with van der Waals surface area (Å²) in [7, 11) is 0. The lowest BCUT2D eigenvalue weighted by Crippen LogP contribution is -2.13. The van der Waals surface area contributed by atoms with Gasteiger partial charge in [-0.05, 0) is 70.8 Å². The van der Waals surface area contributed by atoms with Gasteiger partial charge in [0.05, 0.1) is 44.6 Å². The van der Waals surface area contributed by atoms with E-state index in [4.69, 9.17) is 0 Å². The fourth-order valence-corrected chi connectivity index (χ4v) is 8.29. The molecular weight excluding hydrogens is 769 g/mol. The Morgan fingerprint density at radius 2 is 0.695 bits per heavy atom. The summed E-state index contributed by atoms with van der Waals surface area (Å²) in [6.07, 6.45) is -5.03. The van der Waals surface area contributed by atoms with Gasteiger partial charge in [0.1, 0.15) is 0 Å². The number of alkyl halides is 3. The van der Waals surface area contributed by atoms with E-state index in [2.05, 4.69) is 0 Å². The number of halogens is 8. The molecule has 0 aliphatic carbocycles. The highest BCUT2D eigenvalue weighted by Crippen LogP contribution is 2.47. The quantitative estimate of drug-likeness (QED) is 0.0933. The molecule has 0 aliphatic rings. The molecule has 0 bridgehead atoms. The number of aromatic nitrogens is 2. The molecule has 10 rings (SSSR count). The molecule has 0 N–H and O–H groups in total. The third-order valence-corrected chi connectivity index (χ3v) is 10.9. The van der Waals surface area contributed by atoms with Crippen LogP contribution >= 0.6 is 0 Å². The number of nitrogens with zero attached hydrogens (tertiary/aromatic N) is 2. The van der Waals surface area contributed by atoms with Gasteiger partial charge in [0.15, 0.2) is 23.3 Å². The number of fused-ring (bicyclic) bond motifs is 6. The van der Waals surface area contributed by atoms with E-state index in [1.165, 1.54) is 9.13 Å². The number of para-hydroxylation sites is 2. The zero-order valence-corrected chi connectivity index (χ0v) is 30.4. The minimum atomic E-state index is -5.03. The van der Waals surface area contributed by atoms with Crippen molar-refractivity contribution >= 4 is 43.6 Å². The third-order valence-electron chi connectivity index (χ3n) is 10.9. The van der Waals surface area contributed by atoms with Crippen LogP contribution in [-0.4, -0.2) is 9.13 Å². The molecule has 0 unspecified atom stereocenters. The van der Waals surface area contributed by atoms with Crippen LogP contribution in [0, 0.1) is 29.1 Å². The lowest BCUT2D eigenvalue weighted by Gasteiger charge is -2.23. The zero-order chi connectivity index (χ0) is 40.7. The molecule has 2 heterocycles. The van der Waals surface area contributed by atoms with Crippen LogP contribution in [0.15, 0.2) is 158 Å². The van der Waals surface area contributed by atoms with Gasteiger partial charge in [-0.2, -0.15) is 13.2 Å². The van der Waals surface area contributed by atoms with Crippen LogP contribution in [0.5, 0.6) is 0 Å². The summed E-state index contributed by atoms with van der Waals surface area (Å²) in [5, 5.41) is 2.31. The van der Waals surface area contributed by atoms with Crippen molar-refractivity contribution in [1.29, 1.82) is 0 Å². The number of hydrogen-bond donors (Lipinski definition) is 0. The fourth-order valence-electron chi connectivity index (χ4n) is 8.29. The van der Waals surface area contributed by atoms with Gasteiger partial charge in [0.25, 0.3) is 0 Å². The van der Waals surface area contributed by atoms with Gasteiger partial charge >= 0.3 is 6.18 Å². The average Bonchev–Trinajstić information content (AvgIpc) is 3.77. The number of hydrogen-bond acceptors (Lipinski definition) is 0. The maximum absolute atomic E-state index is 16.4. The molecule has 2 aromatic heterocycles. The Labute approximate surface area is 330 Å². The van der Waals surface area contributed by atoms with Crippen LogP contribution in [-0.2, 0) is 6.18 Å². The van der Waals surface area contributed by atoms with Gasteiger partial charge in [-0.15, -0.1) is 0 Å². The highest BCUT2D eigenvalue weighted by atomic mass is 19.4. The lowest BCUT2D eigenvalue weighted by molar-refractivity contribution is -0.137. The Morgan fingerprint density at radius 3 is 1.12 bits per heavy atom. The Balaban J connectivity index is 1.40. The van der Waals surface area contributed by atoms with E-state index in [1.54, 1.807) is 72.8 Å². The summed E-state index contributed by atoms with van der Waals surface area (Å²) in [5.74, 6) is -11.2. The maximum Gasteiger partial charge on any atom is 0.416 e. The summed E-state index contributed by atoms with van der Waals surface area (Å²) >= 11 is 0. The van der Waals surface area contributed by atoms with Crippen molar-refractivity contribution in [2.24, 2.45) is 0 Å². The minimum absolute atomic E-state index is 0.330. The zero-order valence-electron chi connectivity index (χ0n) is 30.4. The summed E-state index contributed by atoms with van der Waals surface area (Å²) in [6.45, 7) is 0. The molecule has 59 heavy (non-hydrogen) atoms. The summed E-state index contributed by atoms with van der Waals surface area (Å²) in [6, 6.07) is 44.3. The van der Waals surface area contributed by atoms with Crippen molar-refractivity contribution in [2.75, 3.05) is 0 Å². The van der Waals surface area contributed by atoms with Crippen LogP contribution < -0.4 is 0 Å². The molecule has 0 fully saturated rings. The SMILES string of the molecule is Fc1c(F)c(F)c(-c2c(-n3c4ccccc4c4cc(-c5ccccc5)ccc43)cc(C(F)(F)F)cc2-n2c3ccccc3c3cc(-c4ccccc4)ccc32)c(F)c1F. The summed E-state index contributed by atoms with van der Waals surface area (Å²) in [5.41, 5.74) is 0.461. The molecule has 0 spiro atoms. The monoisotopic (exact) mass is 794 g/mol. The lowest BCUT2D eigenvalue weighted by atomic mass is 9.96. The molecule has 0 aliphatic heterocycles. The van der Waals surface area contributed by atoms with E-state index in [0.717, 1.165) is 22.3 Å². The third kappa shape index (κ3) is 5.61. The first-order valence-corrected chi connectivity index (χ1v) is 18.5. The van der Waals surface area contributed by atoms with Crippen LogP contribution in [0.2, 0.25) is 0 Å². The van der Waals surface area contributed by atoms with Crippen molar-refractivity contribution < 1.29 is 35.1 Å². The van der Waals surface area contributed by atoms with Gasteiger partial charge in [0.2, 0.25) is 5.82 Å². The first-order chi connectivity index (χ1) is 28.5. The highest BCUT2D eigenvalue weighted by molar-refractivity contribution is 6.13. The van der Waals surface area contributed by atoms with Crippen LogP contribution in [0.1, 0.15) is 5.56 Å². The van der Waals surface area contributed by atoms with Gasteiger partial charge in [-0.25, -0.2) is 22.0 Å². The molecule has 0 amide bonds. The van der Waals surface area contributed by atoms with Gasteiger partial charge in [0, 0.05) is 27.1 Å². The van der Waals surface area contributed by atoms with Gasteiger partial charge < -0.3 is 9.13 Å². The molecule has 8 aromatic carbocycles. The van der Waals surface area contributed by atoms with Crippen molar-refractivity contribution in [1.82, 2.24) is 9.13 Å². The van der Waals surface area contributed by atoms with E-state index in [0.29, 0.717) is 55.7 Å². The van der Waals surface area contributed by atoms with Crippen molar-refractivity contribution in [2.45, 2.75) is 6.18 Å². The van der Waals surface area contributed by atoms with E-state index in [-0.39, 0.29) is 0 Å². The largest absolute Gasteiger partial charge is 0.416 e. The molecule has 288 valence electrons. The van der Waals surface area contributed by atoms with Crippen LogP contribution in [0.4, 0.5) is 35.1 Å². The predicted octanol–water partition coefficient (Wildman–Crippen LogP) is 14.6. The Kier molecular flexibility index (Phi) is 8.24. The number of rotatable bonds is 5. The van der Waals surface area contributed by atoms with Crippen molar-refractivity contribution in [3.05, 3.63) is 192 Å². The van der Waals surface area contributed by atoms with Crippen LogP contribution in [0.25, 0.3) is 88.4 Å². The molecule has 0 saturated heterocycles. The molecule has 0 atom stereocenters. The number of benzene rings is 8. The normalized spacial score (nSPS) is 12.1. The van der Waals surface area contributed by atoms with Crippen molar-refractivity contribution in [3.63, 3.8) is 0 Å². The molecule has 0 radical (unpaired) electrons. The maximum atomic E-state index is 16.4. The average molecular weight is 795 g/mol. The standard InChI is InChI=1S/C49H26F8N2/c50-44-43(45(51)47(53)48(54)46(44)52)42-40(58-36-17-9-7-15-32(36)34-23-29(19-21-38(34)58)27-11-3-1-4-12-27)25-31(49(55,56)57)26-41(42)59-37-18-10-8-16-33(37)35-24-30(20-22-39(35)59)28-13-5-2-6-14-28/h1-26H. The fraction of sp³-hybridized carbons (Fsp3) is 0.0204. The second kappa shape index (κ2) is 13.4. The molecular formula is C49H26F8N2. The second-order valence-corrected chi connectivity index (χ2v) is 14.2. The molecule has 10 heteroatoms. The second-order valence-electron chi connectivity index (χ2n) is 14.2. The smallest absolute Gasteiger partial charge is 0.309 e. The first kappa shape index (κ1) is 36.2. The molecule has 0 saturated carbocycles. The topological polar surface area (TPSA) is 9.86 Å². The van der Waals surface area contributed by atoms with Gasteiger partial charge in [-0.3, -0.25) is 0 Å². The van der Waals surface area contributed by atoms with E-state index in [9.17, 15) is 4.39 Å². The first-order valence-electron chi connectivity index (χ1n) is 18.5. The summed E-state index contributed by atoms with van der Waals surface area (Å²) in [4.78, 5) is 0. The summed E-state index contributed by atoms with van der Waals surface area (Å²) < 4.78 is 127. The van der Waals surface area contributed by atoms with E-state index >= 15 is 30.7 Å². The van der Waals surface area contributed by atoms with E-state index in [1.807, 2.05) is 72.8 Å². The predicted molar refractivity (Wildman–Crippen MR) is 216 cm³/mol. The van der Waals surface area contributed by atoms with Crippen LogP contribution in [0.3, 0.4) is 0 Å². The Hall–Kier alpha value is -7.20. The molecule has 2 nitrogen and oxygen atoms in total. The molecule has 10 aromatic rings. The Morgan fingerprint density at radius 1 is 0.322 bits per heavy atom.